The second kappa shape index (κ2) is 6.61. The number of benzene rings is 2. The van der Waals surface area contributed by atoms with Gasteiger partial charge < -0.3 is 10.6 Å². The molecule has 1 aromatic heterocycles. The summed E-state index contributed by atoms with van der Waals surface area (Å²) >= 11 is 6.61. The van der Waals surface area contributed by atoms with Crippen molar-refractivity contribution in [2.75, 3.05) is 10.6 Å². The highest BCUT2D eigenvalue weighted by molar-refractivity contribution is 7.80. The summed E-state index contributed by atoms with van der Waals surface area (Å²) in [5, 5.41) is 6.45. The van der Waals surface area contributed by atoms with Crippen LogP contribution in [-0.2, 0) is 6.18 Å². The van der Waals surface area contributed by atoms with E-state index in [9.17, 15) is 13.2 Å². The normalized spacial score (nSPS) is 11.6. The molecule has 0 aliphatic rings. The molecule has 130 valence electrons. The Bertz CT molecular complexity index is 909. The van der Waals surface area contributed by atoms with Crippen LogP contribution in [0.4, 0.5) is 24.0 Å². The van der Waals surface area contributed by atoms with E-state index in [2.05, 4.69) is 21.7 Å². The Balaban J connectivity index is 1.75. The lowest BCUT2D eigenvalue weighted by molar-refractivity contribution is -0.137. The van der Waals surface area contributed by atoms with Gasteiger partial charge in [0.25, 0.3) is 0 Å². The number of rotatable bonds is 2. The number of nitrogens with zero attached hydrogens (tertiary/aromatic N) is 1. The molecule has 0 bridgehead atoms. The number of hydrogen-bond acceptors (Lipinski definition) is 3. The Morgan fingerprint density at radius 1 is 1.08 bits per heavy atom. The zero-order valence-corrected chi connectivity index (χ0v) is 15.0. The number of aryl methyl sites for hydroxylation is 2. The van der Waals surface area contributed by atoms with Crippen LogP contribution >= 0.6 is 23.6 Å². The molecule has 0 saturated heterocycles. The van der Waals surface area contributed by atoms with Crippen molar-refractivity contribution >= 4 is 49.7 Å². The number of fused-ring (bicyclic) bond motifs is 1. The Kier molecular flexibility index (Phi) is 4.66. The van der Waals surface area contributed by atoms with Crippen LogP contribution in [-0.4, -0.2) is 10.1 Å². The molecule has 0 aliphatic heterocycles. The standard InChI is InChI=1S/C17H14F3N3S2/c1-9-6-13-14(7-10(9)2)25-16(22-13)23-15(24)21-12-5-3-4-11(8-12)17(18,19)20/h3-8H,1-2H3,(H2,21,22,23,24). The van der Waals surface area contributed by atoms with Crippen molar-refractivity contribution in [1.82, 2.24) is 4.98 Å². The second-order valence-corrected chi connectivity index (χ2v) is 7.02. The first-order valence-electron chi connectivity index (χ1n) is 7.35. The van der Waals surface area contributed by atoms with Crippen molar-refractivity contribution in [3.8, 4) is 0 Å². The number of aromatic nitrogens is 1. The number of anilines is 2. The van der Waals surface area contributed by atoms with E-state index in [4.69, 9.17) is 12.2 Å². The average Bonchev–Trinajstić information content (AvgIpc) is 2.88. The van der Waals surface area contributed by atoms with Crippen molar-refractivity contribution in [2.45, 2.75) is 20.0 Å². The Morgan fingerprint density at radius 3 is 2.52 bits per heavy atom. The fourth-order valence-electron chi connectivity index (χ4n) is 2.27. The van der Waals surface area contributed by atoms with Gasteiger partial charge >= 0.3 is 6.18 Å². The molecule has 0 saturated carbocycles. The summed E-state index contributed by atoms with van der Waals surface area (Å²) in [7, 11) is 0. The number of hydrogen-bond donors (Lipinski definition) is 2. The highest BCUT2D eigenvalue weighted by Gasteiger charge is 2.30. The van der Waals surface area contributed by atoms with Gasteiger partial charge in [0.1, 0.15) is 0 Å². The summed E-state index contributed by atoms with van der Waals surface area (Å²) in [5.74, 6) is 0. The third kappa shape index (κ3) is 4.08. The molecule has 3 nitrogen and oxygen atoms in total. The van der Waals surface area contributed by atoms with Crippen LogP contribution < -0.4 is 10.6 Å². The molecule has 3 rings (SSSR count). The van der Waals surface area contributed by atoms with E-state index in [1.807, 2.05) is 19.9 Å². The Morgan fingerprint density at radius 2 is 1.80 bits per heavy atom. The molecule has 3 aromatic rings. The first kappa shape index (κ1) is 17.6. The van der Waals surface area contributed by atoms with Crippen molar-refractivity contribution in [3.05, 3.63) is 53.1 Å². The maximum atomic E-state index is 12.8. The maximum Gasteiger partial charge on any atom is 0.416 e. The first-order valence-corrected chi connectivity index (χ1v) is 8.58. The van der Waals surface area contributed by atoms with Gasteiger partial charge in [0, 0.05) is 5.69 Å². The fraction of sp³-hybridized carbons (Fsp3) is 0.176. The van der Waals surface area contributed by atoms with Gasteiger partial charge in [-0.05, 0) is 67.5 Å². The monoisotopic (exact) mass is 381 g/mol. The van der Waals surface area contributed by atoms with Gasteiger partial charge in [0.2, 0.25) is 0 Å². The van der Waals surface area contributed by atoms with Gasteiger partial charge in [-0.25, -0.2) is 4.98 Å². The molecule has 0 radical (unpaired) electrons. The van der Waals surface area contributed by atoms with Crippen LogP contribution in [0.5, 0.6) is 0 Å². The molecular formula is C17H14F3N3S2. The lowest BCUT2D eigenvalue weighted by Gasteiger charge is -2.11. The number of thiazole rings is 1. The SMILES string of the molecule is Cc1cc2nc(NC(=S)Nc3cccc(C(F)(F)F)c3)sc2cc1C. The Hall–Kier alpha value is -2.19. The van der Waals surface area contributed by atoms with Crippen LogP contribution in [0.2, 0.25) is 0 Å². The highest BCUT2D eigenvalue weighted by atomic mass is 32.1. The summed E-state index contributed by atoms with van der Waals surface area (Å²) in [6.07, 6.45) is -4.39. The summed E-state index contributed by atoms with van der Waals surface area (Å²) in [4.78, 5) is 4.45. The van der Waals surface area contributed by atoms with Crippen molar-refractivity contribution < 1.29 is 13.2 Å². The van der Waals surface area contributed by atoms with Gasteiger partial charge in [0.05, 0.1) is 15.8 Å². The minimum Gasteiger partial charge on any atom is -0.332 e. The second-order valence-electron chi connectivity index (χ2n) is 5.58. The van der Waals surface area contributed by atoms with Gasteiger partial charge in [-0.1, -0.05) is 17.4 Å². The highest BCUT2D eigenvalue weighted by Crippen LogP contribution is 2.31. The Labute approximate surface area is 151 Å². The summed E-state index contributed by atoms with van der Waals surface area (Å²) in [5.41, 5.74) is 2.71. The first-order chi connectivity index (χ1) is 11.7. The van der Waals surface area contributed by atoms with Gasteiger partial charge in [-0.2, -0.15) is 13.2 Å². The van der Waals surface area contributed by atoms with Crippen LogP contribution in [0.1, 0.15) is 16.7 Å². The van der Waals surface area contributed by atoms with Gasteiger partial charge in [-0.3, -0.25) is 0 Å². The molecular weight excluding hydrogens is 367 g/mol. The van der Waals surface area contributed by atoms with Crippen molar-refractivity contribution in [3.63, 3.8) is 0 Å². The number of nitrogens with one attached hydrogen (secondary N) is 2. The van der Waals surface area contributed by atoms with E-state index in [0.29, 0.717) is 5.13 Å². The molecule has 2 aromatic carbocycles. The van der Waals surface area contributed by atoms with Crippen LogP contribution in [0.3, 0.4) is 0 Å². The van der Waals surface area contributed by atoms with Crippen molar-refractivity contribution in [1.29, 1.82) is 0 Å². The molecule has 2 N–H and O–H groups in total. The van der Waals surface area contributed by atoms with Crippen molar-refractivity contribution in [2.24, 2.45) is 0 Å². The van der Waals surface area contributed by atoms with Crippen LogP contribution in [0.15, 0.2) is 36.4 Å². The smallest absolute Gasteiger partial charge is 0.332 e. The fourth-order valence-corrected chi connectivity index (χ4v) is 3.50. The van der Waals surface area contributed by atoms with Gasteiger partial charge in [-0.15, -0.1) is 0 Å². The number of thiocarbonyl (C=S) groups is 1. The summed E-state index contributed by atoms with van der Waals surface area (Å²) < 4.78 is 39.3. The number of halogens is 3. The molecule has 0 aliphatic carbocycles. The van der Waals surface area contributed by atoms with E-state index >= 15 is 0 Å². The molecule has 8 heteroatoms. The van der Waals surface area contributed by atoms with E-state index in [1.54, 1.807) is 0 Å². The maximum absolute atomic E-state index is 12.8. The summed E-state index contributed by atoms with van der Waals surface area (Å²) in [6.45, 7) is 4.04. The van der Waals surface area contributed by atoms with E-state index in [-0.39, 0.29) is 10.8 Å². The molecule has 0 atom stereocenters. The minimum absolute atomic E-state index is 0.187. The van der Waals surface area contributed by atoms with E-state index in [1.165, 1.54) is 29.0 Å². The zero-order chi connectivity index (χ0) is 18.2. The number of alkyl halides is 3. The van der Waals surface area contributed by atoms with Crippen LogP contribution in [0, 0.1) is 13.8 Å². The lowest BCUT2D eigenvalue weighted by atomic mass is 10.1. The third-order valence-corrected chi connectivity index (χ3v) is 4.81. The van der Waals surface area contributed by atoms with Crippen LogP contribution in [0.25, 0.3) is 10.2 Å². The predicted molar refractivity (Wildman–Crippen MR) is 100 cm³/mol. The quantitative estimate of drug-likeness (QED) is 0.555. The van der Waals surface area contributed by atoms with E-state index in [0.717, 1.165) is 27.9 Å². The topological polar surface area (TPSA) is 37.0 Å². The lowest BCUT2D eigenvalue weighted by Crippen LogP contribution is -2.19. The van der Waals surface area contributed by atoms with E-state index < -0.39 is 11.7 Å². The zero-order valence-electron chi connectivity index (χ0n) is 13.4. The predicted octanol–water partition coefficient (Wildman–Crippen LogP) is 5.74. The average molecular weight is 381 g/mol. The largest absolute Gasteiger partial charge is 0.416 e. The molecule has 0 unspecified atom stereocenters. The molecule has 0 fully saturated rings. The molecule has 1 heterocycles. The molecule has 25 heavy (non-hydrogen) atoms. The third-order valence-electron chi connectivity index (χ3n) is 3.67. The van der Waals surface area contributed by atoms with Gasteiger partial charge in [0.15, 0.2) is 10.2 Å². The molecule has 0 spiro atoms. The summed E-state index contributed by atoms with van der Waals surface area (Å²) in [6, 6.07) is 8.93. The molecule has 0 amide bonds. The minimum atomic E-state index is -4.39.